The van der Waals surface area contributed by atoms with Crippen molar-refractivity contribution in [2.24, 2.45) is 7.05 Å². The first-order chi connectivity index (χ1) is 11.7. The van der Waals surface area contributed by atoms with Gasteiger partial charge >= 0.3 is 0 Å². The molecule has 0 fully saturated rings. The highest BCUT2D eigenvalue weighted by Gasteiger charge is 2.22. The minimum atomic E-state index is 0.769. The third-order valence-electron chi connectivity index (χ3n) is 4.66. The van der Waals surface area contributed by atoms with Crippen molar-refractivity contribution in [1.29, 1.82) is 0 Å². The molecular formula is C18H20N4O2. The number of fused-ring (bicyclic) bond motifs is 2. The van der Waals surface area contributed by atoms with Crippen molar-refractivity contribution >= 4 is 16.9 Å². The molecular weight excluding hydrogens is 304 g/mol. The molecule has 1 aliphatic heterocycles. The molecule has 0 saturated heterocycles. The normalized spacial score (nSPS) is 13.9. The summed E-state index contributed by atoms with van der Waals surface area (Å²) in [6.07, 6.45) is 4.62. The van der Waals surface area contributed by atoms with E-state index >= 15 is 0 Å². The molecule has 0 radical (unpaired) electrons. The molecule has 0 atom stereocenters. The van der Waals surface area contributed by atoms with Crippen LogP contribution in [-0.2, 0) is 20.0 Å². The predicted octanol–water partition coefficient (Wildman–Crippen LogP) is 2.55. The highest BCUT2D eigenvalue weighted by atomic mass is 16.5. The van der Waals surface area contributed by atoms with Gasteiger partial charge in [-0.1, -0.05) is 0 Å². The quantitative estimate of drug-likeness (QED) is 0.741. The SMILES string of the molecule is COc1cc2c(cc1OC)CN(c1ncnc3c1ccn3C)CC2. The molecule has 0 spiro atoms. The summed E-state index contributed by atoms with van der Waals surface area (Å²) in [4.78, 5) is 11.2. The second-order valence-electron chi connectivity index (χ2n) is 6.01. The van der Waals surface area contributed by atoms with E-state index in [1.54, 1.807) is 20.5 Å². The standard InChI is InChI=1S/C18H20N4O2/c1-21-6-5-14-17(21)19-11-20-18(14)22-7-4-12-8-15(23-2)16(24-3)9-13(12)10-22/h5-6,8-9,11H,4,7,10H2,1-3H3. The van der Waals surface area contributed by atoms with Crippen molar-refractivity contribution in [3.8, 4) is 11.5 Å². The van der Waals surface area contributed by atoms with Crippen LogP contribution in [0.15, 0.2) is 30.7 Å². The van der Waals surface area contributed by atoms with Gasteiger partial charge in [-0.3, -0.25) is 0 Å². The lowest BCUT2D eigenvalue weighted by molar-refractivity contribution is 0.353. The van der Waals surface area contributed by atoms with Gasteiger partial charge in [0, 0.05) is 26.3 Å². The Morgan fingerprint density at radius 1 is 1.04 bits per heavy atom. The summed E-state index contributed by atoms with van der Waals surface area (Å²) in [7, 11) is 5.34. The highest BCUT2D eigenvalue weighted by molar-refractivity contribution is 5.87. The van der Waals surface area contributed by atoms with Gasteiger partial charge in [0.05, 0.1) is 19.6 Å². The first kappa shape index (κ1) is 14.8. The van der Waals surface area contributed by atoms with Crippen molar-refractivity contribution in [2.45, 2.75) is 13.0 Å². The molecule has 1 aliphatic rings. The topological polar surface area (TPSA) is 52.4 Å². The smallest absolute Gasteiger partial charge is 0.161 e. The summed E-state index contributed by atoms with van der Waals surface area (Å²) in [5.41, 5.74) is 3.52. The Kier molecular flexibility index (Phi) is 3.52. The summed E-state index contributed by atoms with van der Waals surface area (Å²) >= 11 is 0. The van der Waals surface area contributed by atoms with Crippen LogP contribution >= 0.6 is 0 Å². The minimum Gasteiger partial charge on any atom is -0.493 e. The van der Waals surface area contributed by atoms with Crippen molar-refractivity contribution in [2.75, 3.05) is 25.7 Å². The van der Waals surface area contributed by atoms with Crippen LogP contribution in [0.25, 0.3) is 11.0 Å². The van der Waals surface area contributed by atoms with Crippen molar-refractivity contribution in [3.63, 3.8) is 0 Å². The van der Waals surface area contributed by atoms with Gasteiger partial charge in [0.2, 0.25) is 0 Å². The van der Waals surface area contributed by atoms with E-state index in [2.05, 4.69) is 33.1 Å². The molecule has 3 heterocycles. The van der Waals surface area contributed by atoms with Crippen molar-refractivity contribution < 1.29 is 9.47 Å². The minimum absolute atomic E-state index is 0.769. The molecule has 0 aliphatic carbocycles. The number of anilines is 1. The van der Waals surface area contributed by atoms with Crippen LogP contribution in [0.1, 0.15) is 11.1 Å². The second kappa shape index (κ2) is 5.70. The average Bonchev–Trinajstić information content (AvgIpc) is 3.01. The van der Waals surface area contributed by atoms with Crippen LogP contribution in [-0.4, -0.2) is 35.3 Å². The molecule has 24 heavy (non-hydrogen) atoms. The molecule has 1 aromatic carbocycles. The zero-order valence-corrected chi connectivity index (χ0v) is 14.1. The molecule has 0 amide bonds. The van der Waals surface area contributed by atoms with E-state index in [-0.39, 0.29) is 0 Å². The van der Waals surface area contributed by atoms with E-state index in [4.69, 9.17) is 9.47 Å². The molecule has 3 aromatic rings. The fourth-order valence-corrected chi connectivity index (χ4v) is 3.38. The Balaban J connectivity index is 1.73. The lowest BCUT2D eigenvalue weighted by atomic mass is 9.98. The maximum absolute atomic E-state index is 5.44. The number of benzene rings is 1. The zero-order valence-electron chi connectivity index (χ0n) is 14.1. The molecule has 124 valence electrons. The van der Waals surface area contributed by atoms with Crippen LogP contribution in [0.5, 0.6) is 11.5 Å². The van der Waals surface area contributed by atoms with E-state index in [9.17, 15) is 0 Å². The average molecular weight is 324 g/mol. The lowest BCUT2D eigenvalue weighted by Crippen LogP contribution is -2.31. The van der Waals surface area contributed by atoms with Gasteiger partial charge in [-0.05, 0) is 35.7 Å². The Labute approximate surface area is 140 Å². The maximum atomic E-state index is 5.44. The monoisotopic (exact) mass is 324 g/mol. The fraction of sp³-hybridized carbons (Fsp3) is 0.333. The molecule has 0 bridgehead atoms. The molecule has 0 saturated carbocycles. The second-order valence-corrected chi connectivity index (χ2v) is 6.01. The lowest BCUT2D eigenvalue weighted by Gasteiger charge is -2.30. The summed E-state index contributed by atoms with van der Waals surface area (Å²) in [6, 6.07) is 6.24. The van der Waals surface area contributed by atoms with Crippen molar-refractivity contribution in [1.82, 2.24) is 14.5 Å². The summed E-state index contributed by atoms with van der Waals surface area (Å²) in [5.74, 6) is 2.55. The Bertz CT molecular complexity index is 903. The van der Waals surface area contributed by atoms with Gasteiger partial charge in [-0.2, -0.15) is 0 Å². The van der Waals surface area contributed by atoms with E-state index in [0.717, 1.165) is 47.9 Å². The Morgan fingerprint density at radius 2 is 1.79 bits per heavy atom. The van der Waals surface area contributed by atoms with Gasteiger partial charge in [0.25, 0.3) is 0 Å². The number of ether oxygens (including phenoxy) is 2. The number of aryl methyl sites for hydroxylation is 1. The number of nitrogens with zero attached hydrogens (tertiary/aromatic N) is 4. The van der Waals surface area contributed by atoms with Crippen LogP contribution in [0, 0.1) is 0 Å². The van der Waals surface area contributed by atoms with Crippen molar-refractivity contribution in [3.05, 3.63) is 41.9 Å². The first-order valence-electron chi connectivity index (χ1n) is 7.96. The maximum Gasteiger partial charge on any atom is 0.161 e. The van der Waals surface area contributed by atoms with Gasteiger partial charge in [-0.15, -0.1) is 0 Å². The first-order valence-corrected chi connectivity index (χ1v) is 7.96. The van der Waals surface area contributed by atoms with E-state index in [0.29, 0.717) is 0 Å². The number of rotatable bonds is 3. The predicted molar refractivity (Wildman–Crippen MR) is 92.8 cm³/mol. The molecule has 0 N–H and O–H groups in total. The third kappa shape index (κ3) is 2.26. The van der Waals surface area contributed by atoms with Gasteiger partial charge in [-0.25, -0.2) is 9.97 Å². The molecule has 6 heteroatoms. The summed E-state index contributed by atoms with van der Waals surface area (Å²) in [5, 5.41) is 1.09. The summed E-state index contributed by atoms with van der Waals surface area (Å²) in [6.45, 7) is 1.72. The van der Waals surface area contributed by atoms with E-state index < -0.39 is 0 Å². The summed E-state index contributed by atoms with van der Waals surface area (Å²) < 4.78 is 12.9. The highest BCUT2D eigenvalue weighted by Crippen LogP contribution is 2.35. The van der Waals surface area contributed by atoms with Gasteiger partial charge in [0.1, 0.15) is 17.8 Å². The Hall–Kier alpha value is -2.76. The number of methoxy groups -OCH3 is 2. The van der Waals surface area contributed by atoms with Gasteiger partial charge in [0.15, 0.2) is 11.5 Å². The Morgan fingerprint density at radius 3 is 2.54 bits per heavy atom. The molecule has 6 nitrogen and oxygen atoms in total. The number of hydrogen-bond donors (Lipinski definition) is 0. The van der Waals surface area contributed by atoms with E-state index in [1.807, 2.05) is 17.8 Å². The fourth-order valence-electron chi connectivity index (χ4n) is 3.38. The largest absolute Gasteiger partial charge is 0.493 e. The van der Waals surface area contributed by atoms with Gasteiger partial charge < -0.3 is 18.9 Å². The number of hydrogen-bond acceptors (Lipinski definition) is 5. The molecule has 0 unspecified atom stereocenters. The number of aromatic nitrogens is 3. The van der Waals surface area contributed by atoms with Crippen LogP contribution in [0.4, 0.5) is 5.82 Å². The molecule has 4 rings (SSSR count). The zero-order chi connectivity index (χ0) is 16.7. The van der Waals surface area contributed by atoms with Crippen LogP contribution < -0.4 is 14.4 Å². The van der Waals surface area contributed by atoms with Crippen LogP contribution in [0.3, 0.4) is 0 Å². The third-order valence-corrected chi connectivity index (χ3v) is 4.66. The van der Waals surface area contributed by atoms with E-state index in [1.165, 1.54) is 11.1 Å². The van der Waals surface area contributed by atoms with Crippen LogP contribution in [0.2, 0.25) is 0 Å². The molecule has 2 aromatic heterocycles.